The standard InChI is InChI=1S/C19H23N3O5/c1-5-27-17(24)10-22-19-18(11(2)21-22)13(9-16(23)20-19)12-6-7-14(25-3)15(8-12)26-4/h6-8,13H,5,9-10H2,1-4H3,(H,20,23)/t13-/m1/s1. The third-order valence-corrected chi connectivity index (χ3v) is 4.56. The van der Waals surface area contributed by atoms with Crippen molar-refractivity contribution in [2.75, 3.05) is 26.1 Å². The molecule has 2 aromatic rings. The van der Waals surface area contributed by atoms with Crippen LogP contribution in [0.4, 0.5) is 5.82 Å². The van der Waals surface area contributed by atoms with E-state index in [1.54, 1.807) is 21.1 Å². The van der Waals surface area contributed by atoms with E-state index in [4.69, 9.17) is 14.2 Å². The van der Waals surface area contributed by atoms with Crippen molar-refractivity contribution >= 4 is 17.7 Å². The number of hydrogen-bond donors (Lipinski definition) is 1. The Morgan fingerprint density at radius 2 is 2.04 bits per heavy atom. The number of rotatable bonds is 6. The highest BCUT2D eigenvalue weighted by Gasteiger charge is 2.33. The topological polar surface area (TPSA) is 91.7 Å². The van der Waals surface area contributed by atoms with E-state index in [1.807, 2.05) is 25.1 Å². The molecule has 0 radical (unpaired) electrons. The number of carbonyl (C=O) groups excluding carboxylic acids is 2. The van der Waals surface area contributed by atoms with Gasteiger partial charge in [-0.25, -0.2) is 4.68 Å². The normalized spacial score (nSPS) is 15.7. The summed E-state index contributed by atoms with van der Waals surface area (Å²) >= 11 is 0. The second-order valence-corrected chi connectivity index (χ2v) is 6.23. The fraction of sp³-hybridized carbons (Fsp3) is 0.421. The predicted octanol–water partition coefficient (Wildman–Crippen LogP) is 2.25. The van der Waals surface area contributed by atoms with E-state index in [-0.39, 0.29) is 24.8 Å². The van der Waals surface area contributed by atoms with Crippen molar-refractivity contribution in [2.45, 2.75) is 32.7 Å². The van der Waals surface area contributed by atoms with Gasteiger partial charge >= 0.3 is 5.97 Å². The van der Waals surface area contributed by atoms with Crippen molar-refractivity contribution in [3.05, 3.63) is 35.0 Å². The van der Waals surface area contributed by atoms with Crippen LogP contribution in [-0.2, 0) is 20.9 Å². The number of fused-ring (bicyclic) bond motifs is 1. The van der Waals surface area contributed by atoms with Gasteiger partial charge in [-0.15, -0.1) is 0 Å². The van der Waals surface area contributed by atoms with Gasteiger partial charge in [0.1, 0.15) is 12.4 Å². The Labute approximate surface area is 157 Å². The largest absolute Gasteiger partial charge is 0.493 e. The number of ether oxygens (including phenoxy) is 3. The Morgan fingerprint density at radius 1 is 1.30 bits per heavy atom. The van der Waals surface area contributed by atoms with Crippen LogP contribution in [0.1, 0.15) is 36.1 Å². The first-order chi connectivity index (χ1) is 13.0. The minimum absolute atomic E-state index is 0.0526. The lowest BCUT2D eigenvalue weighted by molar-refractivity contribution is -0.144. The number of aryl methyl sites for hydroxylation is 1. The van der Waals surface area contributed by atoms with Crippen LogP contribution < -0.4 is 14.8 Å². The molecule has 144 valence electrons. The van der Waals surface area contributed by atoms with Gasteiger partial charge in [-0.1, -0.05) is 6.07 Å². The molecule has 1 atom stereocenters. The number of aromatic nitrogens is 2. The van der Waals surface area contributed by atoms with Crippen LogP contribution in [0.2, 0.25) is 0 Å². The third-order valence-electron chi connectivity index (χ3n) is 4.56. The lowest BCUT2D eigenvalue weighted by atomic mass is 9.85. The molecule has 1 aliphatic heterocycles. The molecule has 0 unspecified atom stereocenters. The molecule has 0 saturated heterocycles. The number of methoxy groups -OCH3 is 2. The van der Waals surface area contributed by atoms with Crippen molar-refractivity contribution in [2.24, 2.45) is 0 Å². The fourth-order valence-electron chi connectivity index (χ4n) is 3.41. The molecule has 27 heavy (non-hydrogen) atoms. The van der Waals surface area contributed by atoms with Gasteiger partial charge in [-0.05, 0) is 31.5 Å². The SMILES string of the molecule is CCOC(=O)Cn1nc(C)c2c1NC(=O)C[C@@H]2c1ccc(OC)c(OC)c1. The number of hydrogen-bond acceptors (Lipinski definition) is 6. The summed E-state index contributed by atoms with van der Waals surface area (Å²) in [6.45, 7) is 3.85. The Kier molecular flexibility index (Phi) is 5.34. The van der Waals surface area contributed by atoms with Crippen molar-refractivity contribution in [3.63, 3.8) is 0 Å². The maximum absolute atomic E-state index is 12.3. The van der Waals surface area contributed by atoms with Crippen LogP contribution in [0.3, 0.4) is 0 Å². The molecule has 1 aliphatic rings. The van der Waals surface area contributed by atoms with Gasteiger partial charge in [0.2, 0.25) is 5.91 Å². The summed E-state index contributed by atoms with van der Waals surface area (Å²) in [7, 11) is 3.15. The van der Waals surface area contributed by atoms with Gasteiger partial charge in [0, 0.05) is 17.9 Å². The summed E-state index contributed by atoms with van der Waals surface area (Å²) in [6.07, 6.45) is 0.286. The second kappa shape index (κ2) is 7.69. The highest BCUT2D eigenvalue weighted by Crippen LogP contribution is 2.41. The lowest BCUT2D eigenvalue weighted by Gasteiger charge is -2.25. The van der Waals surface area contributed by atoms with E-state index in [1.165, 1.54) is 4.68 Å². The van der Waals surface area contributed by atoms with E-state index < -0.39 is 5.97 Å². The molecule has 1 N–H and O–H groups in total. The molecule has 0 fully saturated rings. The molecule has 1 aromatic carbocycles. The predicted molar refractivity (Wildman–Crippen MR) is 98.2 cm³/mol. The highest BCUT2D eigenvalue weighted by molar-refractivity contribution is 5.95. The average molecular weight is 373 g/mol. The first kappa shape index (κ1) is 18.8. The van der Waals surface area contributed by atoms with Crippen LogP contribution in [0, 0.1) is 6.92 Å². The zero-order valence-corrected chi connectivity index (χ0v) is 15.9. The van der Waals surface area contributed by atoms with E-state index in [2.05, 4.69) is 10.4 Å². The summed E-state index contributed by atoms with van der Waals surface area (Å²) in [5, 5.41) is 7.29. The third kappa shape index (κ3) is 3.60. The summed E-state index contributed by atoms with van der Waals surface area (Å²) in [5.74, 6) is 1.04. The number of anilines is 1. The number of amides is 1. The molecule has 0 aliphatic carbocycles. The molecule has 3 rings (SSSR count). The summed E-state index contributed by atoms with van der Waals surface area (Å²) in [5.41, 5.74) is 2.57. The number of esters is 1. The average Bonchev–Trinajstić information content (AvgIpc) is 2.95. The van der Waals surface area contributed by atoms with Gasteiger partial charge < -0.3 is 19.5 Å². The van der Waals surface area contributed by atoms with Crippen LogP contribution in [0.5, 0.6) is 11.5 Å². The van der Waals surface area contributed by atoms with Crippen molar-refractivity contribution in [1.29, 1.82) is 0 Å². The molecule has 1 aromatic heterocycles. The first-order valence-corrected chi connectivity index (χ1v) is 8.73. The maximum atomic E-state index is 12.3. The molecule has 8 nitrogen and oxygen atoms in total. The zero-order chi connectivity index (χ0) is 19.6. The Bertz CT molecular complexity index is 874. The van der Waals surface area contributed by atoms with Crippen LogP contribution in [0.25, 0.3) is 0 Å². The Hall–Kier alpha value is -3.03. The molecule has 0 bridgehead atoms. The zero-order valence-electron chi connectivity index (χ0n) is 15.9. The maximum Gasteiger partial charge on any atom is 0.327 e. The first-order valence-electron chi connectivity index (χ1n) is 8.73. The van der Waals surface area contributed by atoms with Gasteiger partial charge in [-0.3, -0.25) is 9.59 Å². The van der Waals surface area contributed by atoms with E-state index in [9.17, 15) is 9.59 Å². The molecule has 8 heteroatoms. The summed E-state index contributed by atoms with van der Waals surface area (Å²) in [4.78, 5) is 24.2. The van der Waals surface area contributed by atoms with Crippen LogP contribution >= 0.6 is 0 Å². The Balaban J connectivity index is 2.02. The number of carbonyl (C=O) groups is 2. The summed E-state index contributed by atoms with van der Waals surface area (Å²) < 4.78 is 17.2. The van der Waals surface area contributed by atoms with E-state index in [0.29, 0.717) is 23.9 Å². The van der Waals surface area contributed by atoms with Gasteiger partial charge in [0.05, 0.1) is 26.5 Å². The lowest BCUT2D eigenvalue weighted by Crippen LogP contribution is -2.26. The minimum atomic E-state index is -0.398. The van der Waals surface area contributed by atoms with Gasteiger partial charge in [0.15, 0.2) is 11.5 Å². The van der Waals surface area contributed by atoms with Crippen molar-refractivity contribution in [1.82, 2.24) is 9.78 Å². The van der Waals surface area contributed by atoms with Gasteiger partial charge in [0.25, 0.3) is 0 Å². The molecule has 0 spiro atoms. The number of nitrogens with zero attached hydrogens (tertiary/aromatic N) is 2. The highest BCUT2D eigenvalue weighted by atomic mass is 16.5. The molecule has 2 heterocycles. The summed E-state index contributed by atoms with van der Waals surface area (Å²) in [6, 6.07) is 5.60. The molecular weight excluding hydrogens is 350 g/mol. The van der Waals surface area contributed by atoms with Crippen molar-refractivity contribution in [3.8, 4) is 11.5 Å². The van der Waals surface area contributed by atoms with Crippen molar-refractivity contribution < 1.29 is 23.8 Å². The molecule has 1 amide bonds. The molecular formula is C19H23N3O5. The fourth-order valence-corrected chi connectivity index (χ4v) is 3.41. The monoisotopic (exact) mass is 373 g/mol. The van der Waals surface area contributed by atoms with E-state index in [0.717, 1.165) is 16.8 Å². The smallest absolute Gasteiger partial charge is 0.327 e. The number of benzene rings is 1. The molecule has 0 saturated carbocycles. The quantitative estimate of drug-likeness (QED) is 0.781. The van der Waals surface area contributed by atoms with Crippen LogP contribution in [0.15, 0.2) is 18.2 Å². The van der Waals surface area contributed by atoms with Gasteiger partial charge in [-0.2, -0.15) is 5.10 Å². The Morgan fingerprint density at radius 3 is 2.70 bits per heavy atom. The van der Waals surface area contributed by atoms with Crippen LogP contribution in [-0.4, -0.2) is 42.5 Å². The number of nitrogens with one attached hydrogen (secondary N) is 1. The second-order valence-electron chi connectivity index (χ2n) is 6.23. The minimum Gasteiger partial charge on any atom is -0.493 e. The van der Waals surface area contributed by atoms with E-state index >= 15 is 0 Å².